The number of hydrogen-bond acceptors (Lipinski definition) is 5. The van der Waals surface area contributed by atoms with Crippen molar-refractivity contribution in [1.82, 2.24) is 20.0 Å². The van der Waals surface area contributed by atoms with Gasteiger partial charge in [0, 0.05) is 49.4 Å². The van der Waals surface area contributed by atoms with Crippen LogP contribution in [0.4, 0.5) is 5.69 Å². The van der Waals surface area contributed by atoms with Crippen LogP contribution in [0.1, 0.15) is 22.3 Å². The number of aromatic nitrogens is 2. The van der Waals surface area contributed by atoms with Crippen molar-refractivity contribution < 1.29 is 4.79 Å². The molecule has 0 saturated carbocycles. The van der Waals surface area contributed by atoms with E-state index in [1.54, 1.807) is 0 Å². The van der Waals surface area contributed by atoms with Crippen LogP contribution in [0.15, 0.2) is 79.0 Å². The van der Waals surface area contributed by atoms with Crippen molar-refractivity contribution >= 4 is 24.2 Å². The molecule has 2 heterocycles. The zero-order valence-electron chi connectivity index (χ0n) is 22.1. The zero-order chi connectivity index (χ0) is 26.5. The molecule has 4 aromatic rings. The van der Waals surface area contributed by atoms with Gasteiger partial charge in [-0.25, -0.2) is 4.68 Å². The molecule has 0 bridgehead atoms. The van der Waals surface area contributed by atoms with E-state index in [2.05, 4.69) is 78.0 Å². The molecule has 0 radical (unpaired) electrons. The standard InChI is InChI=1S/C31H35N5OS/c1-23-7-6-10-30(24(23)2)35-15-13-34(14-16-35)22-32-31(37)20-25-17-26(21-38)19-27(18-25)29-11-12-36(33-29)28-8-4-3-5-9-28/h3-12,17-19,38H,13-16,20-22H2,1-2H3,(H,32,37). The maximum absolute atomic E-state index is 12.9. The summed E-state index contributed by atoms with van der Waals surface area (Å²) < 4.78 is 1.87. The fourth-order valence-electron chi connectivity index (χ4n) is 4.98. The average molecular weight is 526 g/mol. The van der Waals surface area contributed by atoms with Crippen LogP contribution in [-0.2, 0) is 17.0 Å². The molecule has 7 heteroatoms. The van der Waals surface area contributed by atoms with E-state index in [4.69, 9.17) is 5.10 Å². The Morgan fingerprint density at radius 1 is 0.921 bits per heavy atom. The number of thiol groups is 1. The number of carbonyl (C=O) groups excluding carboxylic acids is 1. The number of aryl methyl sites for hydroxylation is 1. The van der Waals surface area contributed by atoms with Crippen molar-refractivity contribution in [1.29, 1.82) is 0 Å². The molecule has 1 aliphatic rings. The quantitative estimate of drug-likeness (QED) is 0.317. The van der Waals surface area contributed by atoms with E-state index in [0.717, 1.165) is 54.3 Å². The summed E-state index contributed by atoms with van der Waals surface area (Å²) in [5, 5.41) is 7.89. The minimum absolute atomic E-state index is 0.0269. The largest absolute Gasteiger partial charge is 0.369 e. The summed E-state index contributed by atoms with van der Waals surface area (Å²) in [7, 11) is 0. The van der Waals surface area contributed by atoms with Gasteiger partial charge in [-0.1, -0.05) is 36.4 Å². The van der Waals surface area contributed by atoms with Gasteiger partial charge in [0.25, 0.3) is 0 Å². The predicted octanol–water partition coefficient (Wildman–Crippen LogP) is 5.02. The minimum Gasteiger partial charge on any atom is -0.369 e. The maximum Gasteiger partial charge on any atom is 0.225 e. The van der Waals surface area contributed by atoms with Gasteiger partial charge in [0.2, 0.25) is 5.91 Å². The van der Waals surface area contributed by atoms with Crippen LogP contribution in [0, 0.1) is 13.8 Å². The van der Waals surface area contributed by atoms with Crippen LogP contribution in [0.5, 0.6) is 0 Å². The summed E-state index contributed by atoms with van der Waals surface area (Å²) >= 11 is 4.49. The number of hydrogen-bond donors (Lipinski definition) is 2. The van der Waals surface area contributed by atoms with E-state index in [1.165, 1.54) is 16.8 Å². The van der Waals surface area contributed by atoms with Crippen LogP contribution < -0.4 is 10.2 Å². The molecule has 1 aromatic heterocycles. The Morgan fingerprint density at radius 2 is 1.68 bits per heavy atom. The van der Waals surface area contributed by atoms with Gasteiger partial charge >= 0.3 is 0 Å². The SMILES string of the molecule is Cc1cccc(N2CCN(CNC(=O)Cc3cc(CS)cc(-c4ccn(-c5ccccc5)n4)c3)CC2)c1C. The number of benzene rings is 3. The number of anilines is 1. The lowest BCUT2D eigenvalue weighted by Crippen LogP contribution is -2.50. The number of carbonyl (C=O) groups is 1. The van der Waals surface area contributed by atoms with Gasteiger partial charge in [-0.05, 0) is 72.5 Å². The molecule has 1 fully saturated rings. The average Bonchev–Trinajstić information content (AvgIpc) is 3.45. The fraction of sp³-hybridized carbons (Fsp3) is 0.290. The Hall–Kier alpha value is -3.55. The topological polar surface area (TPSA) is 53.4 Å². The molecule has 5 rings (SSSR count). The van der Waals surface area contributed by atoms with Crippen molar-refractivity contribution in [3.63, 3.8) is 0 Å². The third kappa shape index (κ3) is 6.11. The summed E-state index contributed by atoms with van der Waals surface area (Å²) in [5.74, 6) is 0.631. The molecule has 38 heavy (non-hydrogen) atoms. The highest BCUT2D eigenvalue weighted by molar-refractivity contribution is 7.79. The summed E-state index contributed by atoms with van der Waals surface area (Å²) in [5.41, 5.74) is 8.93. The molecule has 0 aliphatic carbocycles. The molecule has 196 valence electrons. The lowest BCUT2D eigenvalue weighted by Gasteiger charge is -2.37. The molecule has 0 atom stereocenters. The number of nitrogens with zero attached hydrogens (tertiary/aromatic N) is 4. The third-order valence-corrected chi connectivity index (χ3v) is 7.66. The van der Waals surface area contributed by atoms with Crippen molar-refractivity contribution in [2.75, 3.05) is 37.7 Å². The molecule has 0 unspecified atom stereocenters. The van der Waals surface area contributed by atoms with Crippen LogP contribution in [0.25, 0.3) is 16.9 Å². The Balaban J connectivity index is 1.18. The van der Waals surface area contributed by atoms with Crippen LogP contribution in [0.2, 0.25) is 0 Å². The number of amides is 1. The monoisotopic (exact) mass is 525 g/mol. The molecule has 1 aliphatic heterocycles. The lowest BCUT2D eigenvalue weighted by molar-refractivity contribution is -0.121. The normalized spacial score (nSPS) is 14.0. The van der Waals surface area contributed by atoms with Gasteiger partial charge in [0.05, 0.1) is 24.5 Å². The highest BCUT2D eigenvalue weighted by Crippen LogP contribution is 2.25. The number of piperazine rings is 1. The smallest absolute Gasteiger partial charge is 0.225 e. The van der Waals surface area contributed by atoms with Crippen molar-refractivity contribution in [2.24, 2.45) is 0 Å². The lowest BCUT2D eigenvalue weighted by atomic mass is 10.0. The molecule has 0 spiro atoms. The Morgan fingerprint density at radius 3 is 2.45 bits per heavy atom. The van der Waals surface area contributed by atoms with Crippen molar-refractivity contribution in [3.05, 3.63) is 101 Å². The summed E-state index contributed by atoms with van der Waals surface area (Å²) in [6, 6.07) is 24.8. The van der Waals surface area contributed by atoms with Gasteiger partial charge in [0.1, 0.15) is 0 Å². The molecule has 1 amide bonds. The van der Waals surface area contributed by atoms with E-state index in [-0.39, 0.29) is 5.91 Å². The Bertz CT molecular complexity index is 1390. The van der Waals surface area contributed by atoms with Gasteiger partial charge in [-0.3, -0.25) is 9.69 Å². The summed E-state index contributed by atoms with van der Waals surface area (Å²) in [6.45, 7) is 8.71. The predicted molar refractivity (Wildman–Crippen MR) is 158 cm³/mol. The molecule has 1 saturated heterocycles. The minimum atomic E-state index is 0.0269. The summed E-state index contributed by atoms with van der Waals surface area (Å²) in [6.07, 6.45) is 2.29. The molecule has 3 aromatic carbocycles. The zero-order valence-corrected chi connectivity index (χ0v) is 23.0. The first kappa shape index (κ1) is 26.1. The first-order valence-electron chi connectivity index (χ1n) is 13.2. The van der Waals surface area contributed by atoms with Crippen LogP contribution in [0.3, 0.4) is 0 Å². The maximum atomic E-state index is 12.9. The molecule has 6 nitrogen and oxygen atoms in total. The highest BCUT2D eigenvalue weighted by atomic mass is 32.1. The summed E-state index contributed by atoms with van der Waals surface area (Å²) in [4.78, 5) is 17.6. The second-order valence-corrected chi connectivity index (χ2v) is 10.3. The Kier molecular flexibility index (Phi) is 8.15. The molecular weight excluding hydrogens is 490 g/mol. The van der Waals surface area contributed by atoms with Crippen LogP contribution in [-0.4, -0.2) is 53.4 Å². The van der Waals surface area contributed by atoms with Crippen molar-refractivity contribution in [3.8, 4) is 16.9 Å². The second kappa shape index (κ2) is 11.9. The van der Waals surface area contributed by atoms with E-state index in [1.807, 2.05) is 47.3 Å². The van der Waals surface area contributed by atoms with E-state index in [0.29, 0.717) is 18.8 Å². The van der Waals surface area contributed by atoms with Gasteiger partial charge < -0.3 is 10.2 Å². The number of rotatable bonds is 8. The van der Waals surface area contributed by atoms with Gasteiger partial charge in [-0.2, -0.15) is 17.7 Å². The fourth-order valence-corrected chi connectivity index (χ4v) is 5.16. The Labute approximate surface area is 230 Å². The number of nitrogens with one attached hydrogen (secondary N) is 1. The van der Waals surface area contributed by atoms with Crippen LogP contribution >= 0.6 is 12.6 Å². The first-order chi connectivity index (χ1) is 18.5. The van der Waals surface area contributed by atoms with Gasteiger partial charge in [-0.15, -0.1) is 0 Å². The van der Waals surface area contributed by atoms with E-state index in [9.17, 15) is 4.79 Å². The third-order valence-electron chi connectivity index (χ3n) is 7.29. The van der Waals surface area contributed by atoms with E-state index >= 15 is 0 Å². The molecular formula is C31H35N5OS. The highest BCUT2D eigenvalue weighted by Gasteiger charge is 2.19. The first-order valence-corrected chi connectivity index (χ1v) is 13.8. The second-order valence-electron chi connectivity index (χ2n) is 9.94. The van der Waals surface area contributed by atoms with Crippen molar-refractivity contribution in [2.45, 2.75) is 26.0 Å². The van der Waals surface area contributed by atoms with Gasteiger partial charge in [0.15, 0.2) is 0 Å². The van der Waals surface area contributed by atoms with E-state index < -0.39 is 0 Å². The number of para-hydroxylation sites is 1. The molecule has 1 N–H and O–H groups in total.